The first-order valence-electron chi connectivity index (χ1n) is 6.76. The molecule has 0 aromatic carbocycles. The van der Waals surface area contributed by atoms with E-state index in [4.69, 9.17) is 0 Å². The van der Waals surface area contributed by atoms with Crippen LogP contribution in [-0.2, 0) is 4.79 Å². The molecule has 0 aliphatic heterocycles. The largest absolute Gasteiger partial charge is 0.305 e. The van der Waals surface area contributed by atoms with Gasteiger partial charge in [-0.1, -0.05) is 13.0 Å². The summed E-state index contributed by atoms with van der Waals surface area (Å²) < 4.78 is 14.7. The lowest BCUT2D eigenvalue weighted by Crippen LogP contribution is -2.22. The Hall–Kier alpha value is -1.65. The molecule has 5 heteroatoms. The third kappa shape index (κ3) is 2.17. The molecule has 3 rings (SSSR count). The molecule has 0 spiro atoms. The van der Waals surface area contributed by atoms with Gasteiger partial charge >= 0.3 is 0 Å². The van der Waals surface area contributed by atoms with E-state index in [9.17, 15) is 9.18 Å². The van der Waals surface area contributed by atoms with Gasteiger partial charge in [0.1, 0.15) is 5.82 Å². The summed E-state index contributed by atoms with van der Waals surface area (Å²) in [5.74, 6) is 0.259. The predicted octanol–water partition coefficient (Wildman–Crippen LogP) is 2.97. The summed E-state index contributed by atoms with van der Waals surface area (Å²) in [6, 6.07) is 2.13. The predicted molar refractivity (Wildman–Crippen MR) is 70.3 cm³/mol. The fourth-order valence-electron chi connectivity index (χ4n) is 3.56. The molecule has 4 nitrogen and oxygen atoms in total. The molecular weight excluding hydrogens is 245 g/mol. The first-order chi connectivity index (χ1) is 9.04. The molecule has 3 atom stereocenters. The van der Waals surface area contributed by atoms with Crippen LogP contribution in [0.25, 0.3) is 0 Å². The fourth-order valence-corrected chi connectivity index (χ4v) is 3.56. The van der Waals surface area contributed by atoms with Crippen molar-refractivity contribution in [2.24, 2.45) is 11.8 Å². The quantitative estimate of drug-likeness (QED) is 0.852. The van der Waals surface area contributed by atoms with Crippen molar-refractivity contribution in [3.8, 4) is 0 Å². The SMILES string of the molecule is C=C(F)C(=O)Nc1cc(C)nn1C1CC2CCC1C2. The van der Waals surface area contributed by atoms with Crippen LogP contribution in [0.15, 0.2) is 18.5 Å². The second kappa shape index (κ2) is 4.47. The molecule has 0 radical (unpaired) electrons. The lowest BCUT2D eigenvalue weighted by atomic mass is 9.95. The Labute approximate surface area is 111 Å². The molecule has 1 aromatic rings. The van der Waals surface area contributed by atoms with Crippen molar-refractivity contribution in [2.75, 3.05) is 5.32 Å². The normalized spacial score (nSPS) is 28.6. The van der Waals surface area contributed by atoms with Crippen LogP contribution in [0.5, 0.6) is 0 Å². The van der Waals surface area contributed by atoms with E-state index < -0.39 is 11.7 Å². The van der Waals surface area contributed by atoms with Gasteiger partial charge in [-0.05, 0) is 38.0 Å². The summed E-state index contributed by atoms with van der Waals surface area (Å²) in [4.78, 5) is 11.4. The second-order valence-electron chi connectivity index (χ2n) is 5.72. The van der Waals surface area contributed by atoms with E-state index in [0.29, 0.717) is 17.8 Å². The van der Waals surface area contributed by atoms with Crippen molar-refractivity contribution in [3.63, 3.8) is 0 Å². The molecule has 102 valence electrons. The number of nitrogens with zero attached hydrogens (tertiary/aromatic N) is 2. The van der Waals surface area contributed by atoms with Crippen LogP contribution in [0.4, 0.5) is 10.2 Å². The van der Waals surface area contributed by atoms with Crippen molar-refractivity contribution in [3.05, 3.63) is 24.2 Å². The van der Waals surface area contributed by atoms with Crippen LogP contribution in [-0.4, -0.2) is 15.7 Å². The maximum Gasteiger partial charge on any atom is 0.284 e. The summed E-state index contributed by atoms with van der Waals surface area (Å²) in [5, 5.41) is 7.03. The number of hydrogen-bond acceptors (Lipinski definition) is 2. The Morgan fingerprint density at radius 3 is 2.89 bits per heavy atom. The highest BCUT2D eigenvalue weighted by Crippen LogP contribution is 2.51. The molecule has 1 heterocycles. The van der Waals surface area contributed by atoms with Crippen molar-refractivity contribution >= 4 is 11.7 Å². The zero-order valence-corrected chi connectivity index (χ0v) is 11.0. The van der Waals surface area contributed by atoms with Gasteiger partial charge in [0, 0.05) is 6.07 Å². The van der Waals surface area contributed by atoms with Crippen LogP contribution in [0.3, 0.4) is 0 Å². The van der Waals surface area contributed by atoms with Crippen molar-refractivity contribution < 1.29 is 9.18 Å². The Kier molecular flexibility index (Phi) is 2.92. The molecule has 2 fully saturated rings. The number of aryl methyl sites for hydroxylation is 1. The first-order valence-corrected chi connectivity index (χ1v) is 6.76. The van der Waals surface area contributed by atoms with Crippen molar-refractivity contribution in [1.29, 1.82) is 0 Å². The Balaban J connectivity index is 1.85. The molecule has 3 unspecified atom stereocenters. The minimum absolute atomic E-state index is 0.343. The van der Waals surface area contributed by atoms with E-state index in [1.807, 2.05) is 11.6 Å². The zero-order valence-electron chi connectivity index (χ0n) is 11.0. The first kappa shape index (κ1) is 12.4. The van der Waals surface area contributed by atoms with E-state index in [1.165, 1.54) is 19.3 Å². The van der Waals surface area contributed by atoms with Gasteiger partial charge in [-0.3, -0.25) is 4.79 Å². The van der Waals surface area contributed by atoms with Crippen LogP contribution >= 0.6 is 0 Å². The van der Waals surface area contributed by atoms with E-state index in [0.717, 1.165) is 18.0 Å². The van der Waals surface area contributed by atoms with Crippen molar-refractivity contribution in [2.45, 2.75) is 38.6 Å². The number of carbonyl (C=O) groups excluding carboxylic acids is 1. The van der Waals surface area contributed by atoms with Gasteiger partial charge in [0.05, 0.1) is 11.7 Å². The maximum atomic E-state index is 12.8. The number of halogens is 1. The van der Waals surface area contributed by atoms with Gasteiger partial charge in [0.25, 0.3) is 5.91 Å². The summed E-state index contributed by atoms with van der Waals surface area (Å²) >= 11 is 0. The Bertz CT molecular complexity index is 537. The minimum Gasteiger partial charge on any atom is -0.305 e. The number of amides is 1. The average Bonchev–Trinajstić information content (AvgIpc) is 3.03. The number of aromatic nitrogens is 2. The number of anilines is 1. The molecule has 1 N–H and O–H groups in total. The number of nitrogens with one attached hydrogen (secondary N) is 1. The number of fused-ring (bicyclic) bond motifs is 2. The van der Waals surface area contributed by atoms with E-state index in [1.54, 1.807) is 6.07 Å². The molecule has 2 aliphatic rings. The number of rotatable bonds is 3. The molecule has 2 aliphatic carbocycles. The molecule has 2 saturated carbocycles. The third-order valence-corrected chi connectivity index (χ3v) is 4.36. The number of hydrogen-bond donors (Lipinski definition) is 1. The van der Waals surface area contributed by atoms with Gasteiger partial charge in [0.2, 0.25) is 0 Å². The average molecular weight is 263 g/mol. The molecule has 1 aromatic heterocycles. The molecule has 19 heavy (non-hydrogen) atoms. The maximum absolute atomic E-state index is 12.8. The summed E-state index contributed by atoms with van der Waals surface area (Å²) in [7, 11) is 0. The van der Waals surface area contributed by atoms with Crippen LogP contribution in [0, 0.1) is 18.8 Å². The van der Waals surface area contributed by atoms with Crippen LogP contribution in [0.1, 0.15) is 37.4 Å². The van der Waals surface area contributed by atoms with Gasteiger partial charge in [-0.25, -0.2) is 9.07 Å². The smallest absolute Gasteiger partial charge is 0.284 e. The van der Waals surface area contributed by atoms with Gasteiger partial charge < -0.3 is 5.32 Å². The summed E-state index contributed by atoms with van der Waals surface area (Å²) in [5.41, 5.74) is 0.836. The van der Waals surface area contributed by atoms with E-state index >= 15 is 0 Å². The van der Waals surface area contributed by atoms with Gasteiger partial charge in [0.15, 0.2) is 5.83 Å². The zero-order chi connectivity index (χ0) is 13.6. The third-order valence-electron chi connectivity index (χ3n) is 4.36. The Morgan fingerprint density at radius 1 is 1.53 bits per heavy atom. The minimum atomic E-state index is -0.974. The fraction of sp³-hybridized carbons (Fsp3) is 0.571. The Morgan fingerprint density at radius 2 is 2.32 bits per heavy atom. The van der Waals surface area contributed by atoms with E-state index in [-0.39, 0.29) is 0 Å². The van der Waals surface area contributed by atoms with E-state index in [2.05, 4.69) is 17.0 Å². The van der Waals surface area contributed by atoms with Gasteiger partial charge in [-0.15, -0.1) is 0 Å². The standard InChI is InChI=1S/C14H18FN3O/c1-8-5-13(16-14(19)9(2)15)18(17-8)12-7-10-3-4-11(12)6-10/h5,10-12H,2-4,6-7H2,1H3,(H,16,19). The lowest BCUT2D eigenvalue weighted by Gasteiger charge is -2.24. The van der Waals surface area contributed by atoms with Crippen LogP contribution in [0.2, 0.25) is 0 Å². The highest BCUT2D eigenvalue weighted by molar-refractivity contribution is 6.01. The van der Waals surface area contributed by atoms with Crippen LogP contribution < -0.4 is 5.32 Å². The number of carbonyl (C=O) groups is 1. The monoisotopic (exact) mass is 263 g/mol. The summed E-state index contributed by atoms with van der Waals surface area (Å²) in [6.45, 7) is 4.89. The molecule has 0 saturated heterocycles. The molecule has 1 amide bonds. The molecular formula is C14H18FN3O. The molecule has 2 bridgehead atoms. The highest BCUT2D eigenvalue weighted by Gasteiger charge is 2.41. The topological polar surface area (TPSA) is 46.9 Å². The summed E-state index contributed by atoms with van der Waals surface area (Å²) in [6.07, 6.45) is 4.92. The second-order valence-corrected chi connectivity index (χ2v) is 5.72. The van der Waals surface area contributed by atoms with Gasteiger partial charge in [-0.2, -0.15) is 5.10 Å². The highest BCUT2D eigenvalue weighted by atomic mass is 19.1. The lowest BCUT2D eigenvalue weighted by molar-refractivity contribution is -0.114. The van der Waals surface area contributed by atoms with Crippen molar-refractivity contribution in [1.82, 2.24) is 9.78 Å².